The molecule has 0 bridgehead atoms. The second-order valence-electron chi connectivity index (χ2n) is 5.19. The average Bonchev–Trinajstić information content (AvgIpc) is 2.85. The molecule has 1 aromatic carbocycles. The molecule has 0 aromatic heterocycles. The number of rotatable bonds is 5. The van der Waals surface area contributed by atoms with Crippen molar-refractivity contribution in [1.29, 1.82) is 0 Å². The van der Waals surface area contributed by atoms with Gasteiger partial charge in [0.25, 0.3) is 0 Å². The van der Waals surface area contributed by atoms with Crippen molar-refractivity contribution in [3.8, 4) is 0 Å². The third-order valence-corrected chi connectivity index (χ3v) is 4.50. The number of hydrogen-bond acceptors (Lipinski definition) is 1. The fourth-order valence-corrected chi connectivity index (χ4v) is 3.52. The van der Waals surface area contributed by atoms with Crippen molar-refractivity contribution < 1.29 is 0 Å². The second-order valence-corrected chi connectivity index (χ2v) is 6.39. The summed E-state index contributed by atoms with van der Waals surface area (Å²) in [7, 11) is 0. The van der Waals surface area contributed by atoms with Gasteiger partial charge >= 0.3 is 0 Å². The van der Waals surface area contributed by atoms with E-state index in [9.17, 15) is 0 Å². The molecule has 1 nitrogen and oxygen atoms in total. The lowest BCUT2D eigenvalue weighted by atomic mass is 10.1. The first-order valence-electron chi connectivity index (χ1n) is 6.75. The van der Waals surface area contributed by atoms with E-state index in [1.54, 1.807) is 0 Å². The monoisotopic (exact) mass is 329 g/mol. The summed E-state index contributed by atoms with van der Waals surface area (Å²) < 4.78 is 0. The van der Waals surface area contributed by atoms with Gasteiger partial charge in [-0.25, -0.2) is 0 Å². The van der Waals surface area contributed by atoms with Gasteiger partial charge in [0.2, 0.25) is 0 Å². The Morgan fingerprint density at radius 3 is 2.67 bits per heavy atom. The summed E-state index contributed by atoms with van der Waals surface area (Å²) in [5.74, 6) is 0. The van der Waals surface area contributed by atoms with E-state index in [1.165, 1.54) is 36.8 Å². The largest absolute Gasteiger partial charge is 0.295 e. The van der Waals surface area contributed by atoms with Gasteiger partial charge in [-0.1, -0.05) is 52.5 Å². The third-order valence-electron chi connectivity index (χ3n) is 3.79. The number of halogens is 2. The van der Waals surface area contributed by atoms with Crippen LogP contribution in [0.5, 0.6) is 0 Å². The van der Waals surface area contributed by atoms with E-state index < -0.39 is 0 Å². The van der Waals surface area contributed by atoms with Crippen molar-refractivity contribution in [1.82, 2.24) is 4.90 Å². The van der Waals surface area contributed by atoms with Crippen molar-refractivity contribution in [3.63, 3.8) is 0 Å². The fraction of sp³-hybridized carbons (Fsp3) is 0.600. The molecule has 0 spiro atoms. The van der Waals surface area contributed by atoms with Crippen LogP contribution in [0.25, 0.3) is 0 Å². The molecule has 3 heteroatoms. The average molecular weight is 331 g/mol. The Hall–Kier alpha value is -0.0500. The third kappa shape index (κ3) is 3.72. The highest BCUT2D eigenvalue weighted by Gasteiger charge is 2.22. The van der Waals surface area contributed by atoms with Crippen LogP contribution < -0.4 is 0 Å². The zero-order chi connectivity index (χ0) is 13.0. The van der Waals surface area contributed by atoms with Crippen LogP contribution in [-0.2, 0) is 6.54 Å². The van der Waals surface area contributed by atoms with Crippen molar-refractivity contribution in [2.24, 2.45) is 0 Å². The van der Waals surface area contributed by atoms with Crippen LogP contribution in [-0.4, -0.2) is 22.8 Å². The highest BCUT2D eigenvalue weighted by molar-refractivity contribution is 9.09. The maximum atomic E-state index is 6.34. The summed E-state index contributed by atoms with van der Waals surface area (Å²) >= 11 is 9.91. The molecule has 0 unspecified atom stereocenters. The summed E-state index contributed by atoms with van der Waals surface area (Å²) in [4.78, 5) is 2.58. The first-order chi connectivity index (χ1) is 8.70. The standard InChI is InChI=1S/C15H21BrClN/c1-12-6-7-13(15(17)10-12)11-18(9-8-16)14-4-2-3-5-14/h6-7,10,14H,2-5,8-9,11H2,1H3. The number of aryl methyl sites for hydroxylation is 1. The molecule has 0 aliphatic heterocycles. The number of nitrogens with zero attached hydrogens (tertiary/aromatic N) is 1. The van der Waals surface area contributed by atoms with Gasteiger partial charge in [-0.3, -0.25) is 4.90 Å². The summed E-state index contributed by atoms with van der Waals surface area (Å²) in [6, 6.07) is 7.15. The summed E-state index contributed by atoms with van der Waals surface area (Å²) in [5.41, 5.74) is 2.49. The topological polar surface area (TPSA) is 3.24 Å². The fourth-order valence-electron chi connectivity index (χ4n) is 2.77. The van der Waals surface area contributed by atoms with E-state index in [0.29, 0.717) is 0 Å². The van der Waals surface area contributed by atoms with Gasteiger partial charge in [-0.05, 0) is 37.0 Å². The SMILES string of the molecule is Cc1ccc(CN(CCBr)C2CCCC2)c(Cl)c1. The number of benzene rings is 1. The highest BCUT2D eigenvalue weighted by atomic mass is 79.9. The van der Waals surface area contributed by atoms with E-state index in [-0.39, 0.29) is 0 Å². The zero-order valence-corrected chi connectivity index (χ0v) is 13.3. The first-order valence-corrected chi connectivity index (χ1v) is 8.25. The Labute approximate surface area is 124 Å². The molecule has 1 aromatic rings. The van der Waals surface area contributed by atoms with Crippen LogP contribution in [0, 0.1) is 6.92 Å². The van der Waals surface area contributed by atoms with Gasteiger partial charge in [0, 0.05) is 29.5 Å². The van der Waals surface area contributed by atoms with Crippen LogP contribution in [0.1, 0.15) is 36.8 Å². The van der Waals surface area contributed by atoms with Gasteiger partial charge in [-0.15, -0.1) is 0 Å². The lowest BCUT2D eigenvalue weighted by molar-refractivity contribution is 0.202. The van der Waals surface area contributed by atoms with E-state index in [1.807, 2.05) is 0 Å². The van der Waals surface area contributed by atoms with Crippen LogP contribution in [0.4, 0.5) is 0 Å². The maximum absolute atomic E-state index is 6.34. The molecule has 0 radical (unpaired) electrons. The van der Waals surface area contributed by atoms with E-state index in [0.717, 1.165) is 29.5 Å². The molecule has 0 amide bonds. The molecule has 2 rings (SSSR count). The molecule has 0 saturated heterocycles. The molecule has 1 fully saturated rings. The molecule has 18 heavy (non-hydrogen) atoms. The minimum atomic E-state index is 0.750. The van der Waals surface area contributed by atoms with Crippen LogP contribution in [0.3, 0.4) is 0 Å². The van der Waals surface area contributed by atoms with Gasteiger partial charge in [0.15, 0.2) is 0 Å². The molecule has 100 valence electrons. The van der Waals surface area contributed by atoms with E-state index >= 15 is 0 Å². The van der Waals surface area contributed by atoms with Crippen molar-refractivity contribution in [3.05, 3.63) is 34.3 Å². The van der Waals surface area contributed by atoms with Crippen LogP contribution in [0.2, 0.25) is 5.02 Å². The summed E-state index contributed by atoms with van der Waals surface area (Å²) in [6.07, 6.45) is 5.45. The van der Waals surface area contributed by atoms with Crippen LogP contribution in [0.15, 0.2) is 18.2 Å². The Morgan fingerprint density at radius 2 is 2.06 bits per heavy atom. The molecule has 0 heterocycles. The van der Waals surface area contributed by atoms with E-state index in [2.05, 4.69) is 46.0 Å². The molecular formula is C15H21BrClN. The predicted octanol–water partition coefficient (Wildman–Crippen LogP) is 4.79. The molecule has 1 aliphatic carbocycles. The molecule has 1 saturated carbocycles. The highest BCUT2D eigenvalue weighted by Crippen LogP contribution is 2.27. The quantitative estimate of drug-likeness (QED) is 0.702. The first kappa shape index (κ1) is 14.4. The van der Waals surface area contributed by atoms with Gasteiger partial charge in [0.05, 0.1) is 0 Å². The lowest BCUT2D eigenvalue weighted by Crippen LogP contribution is -2.34. The lowest BCUT2D eigenvalue weighted by Gasteiger charge is -2.28. The smallest absolute Gasteiger partial charge is 0.0453 e. The van der Waals surface area contributed by atoms with Gasteiger partial charge in [0.1, 0.15) is 0 Å². The number of hydrogen-bond donors (Lipinski definition) is 0. The molecule has 0 N–H and O–H groups in total. The Balaban J connectivity index is 2.07. The predicted molar refractivity (Wildman–Crippen MR) is 82.6 cm³/mol. The van der Waals surface area contributed by atoms with E-state index in [4.69, 9.17) is 11.6 Å². The Bertz CT molecular complexity index is 388. The van der Waals surface area contributed by atoms with Crippen LogP contribution >= 0.6 is 27.5 Å². The second kappa shape index (κ2) is 6.93. The van der Waals surface area contributed by atoms with Gasteiger partial charge in [-0.2, -0.15) is 0 Å². The van der Waals surface area contributed by atoms with Crippen molar-refractivity contribution in [2.75, 3.05) is 11.9 Å². The number of alkyl halides is 1. The normalized spacial score (nSPS) is 16.7. The zero-order valence-electron chi connectivity index (χ0n) is 11.0. The van der Waals surface area contributed by atoms with Crippen molar-refractivity contribution in [2.45, 2.75) is 45.2 Å². The maximum Gasteiger partial charge on any atom is 0.0453 e. The minimum Gasteiger partial charge on any atom is -0.295 e. The van der Waals surface area contributed by atoms with Crippen molar-refractivity contribution >= 4 is 27.5 Å². The Kier molecular flexibility index (Phi) is 5.53. The minimum absolute atomic E-state index is 0.750. The molecule has 1 aliphatic rings. The van der Waals surface area contributed by atoms with Gasteiger partial charge < -0.3 is 0 Å². The summed E-state index contributed by atoms with van der Waals surface area (Å²) in [6.45, 7) is 4.17. The molecule has 0 atom stereocenters. The molecular weight excluding hydrogens is 310 g/mol. The summed E-state index contributed by atoms with van der Waals surface area (Å²) in [5, 5.41) is 1.94. The Morgan fingerprint density at radius 1 is 1.33 bits per heavy atom.